The fourth-order valence-electron chi connectivity index (χ4n) is 0.312. The van der Waals surface area contributed by atoms with E-state index >= 15 is 0 Å². The lowest BCUT2D eigenvalue weighted by Crippen LogP contribution is -2.53. The Hall–Kier alpha value is -0.690. The fraction of sp³-hybridized carbons (Fsp3) is 0.889. The lowest BCUT2D eigenvalue weighted by atomic mass is 10.4. The zero-order valence-corrected chi connectivity index (χ0v) is 9.84. The molecule has 6 nitrogen and oxygen atoms in total. The third kappa shape index (κ3) is 7.26. The van der Waals surface area contributed by atoms with Gasteiger partial charge in [0.15, 0.2) is 12.5 Å². The predicted molar refractivity (Wildman–Crippen MR) is 52.2 cm³/mol. The number of carboxylic acids is 1. The normalized spacial score (nSPS) is 17.1. The van der Waals surface area contributed by atoms with Crippen LogP contribution in [0.2, 0.25) is 0 Å². The van der Waals surface area contributed by atoms with Gasteiger partial charge in [-0.05, 0) is 6.92 Å². The van der Waals surface area contributed by atoms with Crippen LogP contribution in [0.5, 0.6) is 0 Å². The van der Waals surface area contributed by atoms with Crippen molar-refractivity contribution in [2.24, 2.45) is 0 Å². The first-order valence-electron chi connectivity index (χ1n) is 4.61. The maximum Gasteiger partial charge on any atom is 0.189 e. The van der Waals surface area contributed by atoms with Gasteiger partial charge in [-0.1, -0.05) is 0 Å². The lowest BCUT2D eigenvalue weighted by Gasteiger charge is -2.35. The van der Waals surface area contributed by atoms with Gasteiger partial charge in [0.05, 0.1) is 26.2 Å². The first-order valence-corrected chi connectivity index (χ1v) is 4.61. The summed E-state index contributed by atoms with van der Waals surface area (Å²) in [6.45, 7) is 4.45. The molecule has 0 amide bonds. The van der Waals surface area contributed by atoms with Crippen molar-refractivity contribution in [1.82, 2.24) is 0 Å². The molecular weight excluding hydrogens is 202 g/mol. The molecule has 3 N–H and O–H groups in total. The van der Waals surface area contributed by atoms with Crippen LogP contribution in [0.3, 0.4) is 0 Å². The number of carboxylic acid groups (broad SMARTS) is 1. The number of aliphatic hydroxyl groups is 3. The topological polar surface area (TPSA) is 101 Å². The number of aliphatic carboxylic acids is 1. The molecule has 0 aliphatic heterocycles. The maximum absolute atomic E-state index is 9.34. The van der Waals surface area contributed by atoms with Crippen molar-refractivity contribution in [3.8, 4) is 0 Å². The van der Waals surface area contributed by atoms with Gasteiger partial charge in [-0.3, -0.25) is 4.48 Å². The van der Waals surface area contributed by atoms with Gasteiger partial charge in [0.1, 0.15) is 0 Å². The van der Waals surface area contributed by atoms with Gasteiger partial charge in [-0.15, -0.1) is 0 Å². The number of rotatable bonds is 3. The van der Waals surface area contributed by atoms with Crippen molar-refractivity contribution in [3.05, 3.63) is 0 Å². The third-order valence-electron chi connectivity index (χ3n) is 2.27. The van der Waals surface area contributed by atoms with E-state index in [0.717, 1.165) is 6.92 Å². The van der Waals surface area contributed by atoms with Crippen molar-refractivity contribution in [3.63, 3.8) is 0 Å². The lowest BCUT2D eigenvalue weighted by molar-refractivity contribution is -0.974. The number of quaternary nitrogens is 1. The monoisotopic (exact) mass is 223 g/mol. The second-order valence-electron chi connectivity index (χ2n) is 3.89. The average molecular weight is 223 g/mol. The van der Waals surface area contributed by atoms with Crippen LogP contribution in [0.1, 0.15) is 20.8 Å². The molecule has 0 spiro atoms. The molecule has 0 saturated heterocycles. The molecule has 15 heavy (non-hydrogen) atoms. The molecule has 0 heterocycles. The average Bonchev–Trinajstić information content (AvgIpc) is 2.04. The molecule has 0 aliphatic carbocycles. The molecule has 0 aromatic carbocycles. The van der Waals surface area contributed by atoms with Crippen molar-refractivity contribution < 1.29 is 29.7 Å². The summed E-state index contributed by atoms with van der Waals surface area (Å²) in [5.41, 5.74) is 0. The minimum absolute atomic E-state index is 0.222. The number of hydrogen-bond acceptors (Lipinski definition) is 5. The molecule has 0 aromatic heterocycles. The van der Waals surface area contributed by atoms with Gasteiger partial charge < -0.3 is 25.2 Å². The van der Waals surface area contributed by atoms with E-state index in [1.54, 1.807) is 27.9 Å². The summed E-state index contributed by atoms with van der Waals surface area (Å²) in [4.78, 5) is 9.34. The Balaban J connectivity index is 0. The highest BCUT2D eigenvalue weighted by Crippen LogP contribution is 2.07. The Morgan fingerprint density at radius 1 is 1.07 bits per heavy atom. The molecule has 92 valence electrons. The van der Waals surface area contributed by atoms with Crippen molar-refractivity contribution in [2.45, 2.75) is 39.3 Å². The first kappa shape index (κ1) is 16.7. The number of aliphatic hydroxyl groups excluding tert-OH is 3. The molecule has 6 heteroatoms. The summed E-state index contributed by atoms with van der Waals surface area (Å²) in [6.07, 6.45) is -2.39. The minimum Gasteiger partial charge on any atom is -0.547 e. The summed E-state index contributed by atoms with van der Waals surface area (Å²) in [7, 11) is 3.55. The highest BCUT2D eigenvalue weighted by atomic mass is 16.4. The van der Waals surface area contributed by atoms with E-state index in [-0.39, 0.29) is 4.48 Å². The van der Waals surface area contributed by atoms with Crippen LogP contribution in [0.4, 0.5) is 0 Å². The van der Waals surface area contributed by atoms with Crippen LogP contribution in [-0.2, 0) is 4.79 Å². The Morgan fingerprint density at radius 2 is 1.27 bits per heavy atom. The smallest absolute Gasteiger partial charge is 0.189 e. The summed E-state index contributed by atoms with van der Waals surface area (Å²) < 4.78 is 0.222. The molecule has 3 atom stereocenters. The molecule has 0 fully saturated rings. The van der Waals surface area contributed by atoms with E-state index in [2.05, 4.69) is 0 Å². The summed E-state index contributed by atoms with van der Waals surface area (Å²) in [6, 6.07) is 0. The molecule has 0 bridgehead atoms. The van der Waals surface area contributed by atoms with E-state index < -0.39 is 24.5 Å². The standard InChI is InChI=1S/C6H16NO2.C3H6O3/c1-5(8)7(3,4)6(2)9;1-2(4)3(5)6/h5-6,8-9H,1-4H3;2,4H,1H3,(H,5,6)/q+1;/p-1. The second kappa shape index (κ2) is 6.73. The van der Waals surface area contributed by atoms with E-state index in [1.165, 1.54) is 0 Å². The number of hydrogen-bond donors (Lipinski definition) is 3. The largest absolute Gasteiger partial charge is 0.547 e. The number of carbonyl (C=O) groups is 1. The SMILES string of the molecule is CC(O)C(=O)[O-].CC(O)[N+](C)(C)C(C)O. The van der Waals surface area contributed by atoms with Crippen LogP contribution in [-0.4, -0.2) is 58.4 Å². The zero-order valence-electron chi connectivity index (χ0n) is 9.84. The number of nitrogens with zero attached hydrogens (tertiary/aromatic N) is 1. The van der Waals surface area contributed by atoms with Gasteiger partial charge in [0.2, 0.25) is 0 Å². The molecule has 3 unspecified atom stereocenters. The van der Waals surface area contributed by atoms with Gasteiger partial charge in [-0.25, -0.2) is 0 Å². The second-order valence-corrected chi connectivity index (χ2v) is 3.89. The van der Waals surface area contributed by atoms with Crippen LogP contribution in [0.25, 0.3) is 0 Å². The summed E-state index contributed by atoms with van der Waals surface area (Å²) in [5.74, 6) is -1.44. The van der Waals surface area contributed by atoms with E-state index in [9.17, 15) is 9.90 Å². The van der Waals surface area contributed by atoms with Crippen molar-refractivity contribution in [1.29, 1.82) is 0 Å². The van der Waals surface area contributed by atoms with Gasteiger partial charge in [-0.2, -0.15) is 0 Å². The zero-order chi connectivity index (χ0) is 12.8. The summed E-state index contributed by atoms with van der Waals surface area (Å²) >= 11 is 0. The third-order valence-corrected chi connectivity index (χ3v) is 2.27. The maximum atomic E-state index is 9.34. The Kier molecular flexibility index (Phi) is 7.51. The Labute approximate surface area is 90.0 Å². The van der Waals surface area contributed by atoms with Gasteiger partial charge >= 0.3 is 0 Å². The fourth-order valence-corrected chi connectivity index (χ4v) is 0.312. The minimum atomic E-state index is -1.44. The van der Waals surface area contributed by atoms with Crippen LogP contribution in [0.15, 0.2) is 0 Å². The molecular formula is C9H21NO5. The molecule has 0 saturated carbocycles. The van der Waals surface area contributed by atoms with E-state index in [4.69, 9.17) is 15.3 Å². The molecule has 0 aromatic rings. The molecule has 0 aliphatic rings. The highest BCUT2D eigenvalue weighted by Gasteiger charge is 2.26. The van der Waals surface area contributed by atoms with Crippen LogP contribution >= 0.6 is 0 Å². The van der Waals surface area contributed by atoms with Crippen LogP contribution in [0, 0.1) is 0 Å². The molecule has 0 radical (unpaired) electrons. The quantitative estimate of drug-likeness (QED) is 0.374. The van der Waals surface area contributed by atoms with E-state index in [0.29, 0.717) is 0 Å². The summed E-state index contributed by atoms with van der Waals surface area (Å²) in [5, 5.41) is 35.4. The number of carbonyl (C=O) groups excluding carboxylic acids is 1. The Bertz CT molecular complexity index is 179. The van der Waals surface area contributed by atoms with Crippen LogP contribution < -0.4 is 5.11 Å². The van der Waals surface area contributed by atoms with Crippen molar-refractivity contribution in [2.75, 3.05) is 14.1 Å². The van der Waals surface area contributed by atoms with Gasteiger partial charge in [0.25, 0.3) is 0 Å². The Morgan fingerprint density at radius 3 is 1.27 bits per heavy atom. The molecule has 0 rings (SSSR count). The van der Waals surface area contributed by atoms with E-state index in [1.807, 2.05) is 0 Å². The highest BCUT2D eigenvalue weighted by molar-refractivity contribution is 5.68. The predicted octanol–water partition coefficient (Wildman–Crippen LogP) is -2.14. The van der Waals surface area contributed by atoms with Gasteiger partial charge in [0, 0.05) is 13.8 Å². The first-order chi connectivity index (χ1) is 6.53. The van der Waals surface area contributed by atoms with Crippen molar-refractivity contribution >= 4 is 5.97 Å².